The second kappa shape index (κ2) is 7.97. The fraction of sp³-hybridized carbons (Fsp3) is 0.222. The topological polar surface area (TPSA) is 64.6 Å². The molecular weight excluding hydrogens is 374 g/mol. The second-order valence-electron chi connectivity index (χ2n) is 5.27. The van der Waals surface area contributed by atoms with Crippen LogP contribution in [0.2, 0.25) is 0 Å². The lowest BCUT2D eigenvalue weighted by molar-refractivity contribution is -0.119. The molecule has 0 unspecified atom stereocenters. The summed E-state index contributed by atoms with van der Waals surface area (Å²) in [6.07, 6.45) is 0. The van der Waals surface area contributed by atoms with Gasteiger partial charge in [0.15, 0.2) is 6.61 Å². The highest BCUT2D eigenvalue weighted by Gasteiger charge is 2.12. The van der Waals surface area contributed by atoms with E-state index in [1.54, 1.807) is 18.2 Å². The summed E-state index contributed by atoms with van der Waals surface area (Å²) >= 11 is 3.30. The summed E-state index contributed by atoms with van der Waals surface area (Å²) in [6.45, 7) is 3.61. The minimum Gasteiger partial charge on any atom is -0.496 e. The average Bonchev–Trinajstić information content (AvgIpc) is 2.56. The van der Waals surface area contributed by atoms with Gasteiger partial charge in [0, 0.05) is 5.69 Å². The van der Waals surface area contributed by atoms with Crippen molar-refractivity contribution < 1.29 is 19.1 Å². The van der Waals surface area contributed by atoms with Crippen LogP contribution in [0.15, 0.2) is 40.9 Å². The molecule has 24 heavy (non-hydrogen) atoms. The van der Waals surface area contributed by atoms with Crippen LogP contribution >= 0.6 is 15.9 Å². The van der Waals surface area contributed by atoms with Gasteiger partial charge in [-0.3, -0.25) is 4.79 Å². The molecule has 0 atom stereocenters. The molecule has 0 saturated heterocycles. The van der Waals surface area contributed by atoms with Crippen LogP contribution in [0.5, 0.6) is 5.75 Å². The van der Waals surface area contributed by atoms with E-state index < -0.39 is 5.97 Å². The minimum absolute atomic E-state index is 0.335. The van der Waals surface area contributed by atoms with Crippen LogP contribution < -0.4 is 10.1 Å². The van der Waals surface area contributed by atoms with Crippen LogP contribution in [-0.4, -0.2) is 25.6 Å². The Morgan fingerprint density at radius 2 is 1.83 bits per heavy atom. The number of methoxy groups -OCH3 is 1. The van der Waals surface area contributed by atoms with Crippen molar-refractivity contribution in [2.24, 2.45) is 0 Å². The third-order valence-corrected chi connectivity index (χ3v) is 4.13. The van der Waals surface area contributed by atoms with E-state index in [4.69, 9.17) is 9.47 Å². The number of hydrogen-bond acceptors (Lipinski definition) is 4. The molecule has 2 aromatic carbocycles. The number of amides is 1. The highest BCUT2D eigenvalue weighted by atomic mass is 79.9. The van der Waals surface area contributed by atoms with Gasteiger partial charge >= 0.3 is 5.97 Å². The molecule has 0 saturated carbocycles. The normalized spacial score (nSPS) is 10.2. The first-order valence-electron chi connectivity index (χ1n) is 7.28. The van der Waals surface area contributed by atoms with E-state index in [0.29, 0.717) is 21.5 Å². The van der Waals surface area contributed by atoms with Crippen molar-refractivity contribution >= 4 is 33.5 Å². The van der Waals surface area contributed by atoms with Gasteiger partial charge in [0.25, 0.3) is 5.91 Å². The Morgan fingerprint density at radius 3 is 2.46 bits per heavy atom. The van der Waals surface area contributed by atoms with E-state index in [0.717, 1.165) is 11.1 Å². The lowest BCUT2D eigenvalue weighted by atomic mass is 10.1. The number of esters is 1. The van der Waals surface area contributed by atoms with Gasteiger partial charge in [-0.05, 0) is 71.2 Å². The first-order valence-corrected chi connectivity index (χ1v) is 8.08. The highest BCUT2D eigenvalue weighted by molar-refractivity contribution is 9.10. The second-order valence-corrected chi connectivity index (χ2v) is 6.13. The number of hydrogen-bond donors (Lipinski definition) is 1. The van der Waals surface area contributed by atoms with Gasteiger partial charge in [-0.2, -0.15) is 0 Å². The predicted octanol–water partition coefficient (Wildman–Crippen LogP) is 3.87. The van der Waals surface area contributed by atoms with Gasteiger partial charge in [0.05, 0.1) is 17.1 Å². The van der Waals surface area contributed by atoms with Crippen molar-refractivity contribution in [3.05, 3.63) is 57.6 Å². The molecule has 1 N–H and O–H groups in total. The summed E-state index contributed by atoms with van der Waals surface area (Å²) in [4.78, 5) is 23.9. The molecule has 126 valence electrons. The SMILES string of the molecule is COc1ccc(C(=O)OCC(=O)Nc2ccc(C)c(C)c2)cc1Br. The minimum atomic E-state index is -0.575. The number of rotatable bonds is 5. The lowest BCUT2D eigenvalue weighted by Crippen LogP contribution is -2.21. The zero-order valence-electron chi connectivity index (χ0n) is 13.7. The van der Waals surface area contributed by atoms with E-state index in [9.17, 15) is 9.59 Å². The zero-order chi connectivity index (χ0) is 17.7. The Morgan fingerprint density at radius 1 is 1.08 bits per heavy atom. The monoisotopic (exact) mass is 391 g/mol. The van der Waals surface area contributed by atoms with E-state index >= 15 is 0 Å². The van der Waals surface area contributed by atoms with Gasteiger partial charge in [0.1, 0.15) is 5.75 Å². The van der Waals surface area contributed by atoms with Gasteiger partial charge in [-0.15, -0.1) is 0 Å². The van der Waals surface area contributed by atoms with Crippen molar-refractivity contribution in [1.82, 2.24) is 0 Å². The number of carbonyl (C=O) groups excluding carboxylic acids is 2. The van der Waals surface area contributed by atoms with Gasteiger partial charge in [0.2, 0.25) is 0 Å². The molecule has 6 heteroatoms. The molecule has 1 amide bonds. The highest BCUT2D eigenvalue weighted by Crippen LogP contribution is 2.25. The third kappa shape index (κ3) is 4.58. The van der Waals surface area contributed by atoms with Crippen LogP contribution in [0.1, 0.15) is 21.5 Å². The maximum Gasteiger partial charge on any atom is 0.338 e. The Labute approximate surface area is 149 Å². The smallest absolute Gasteiger partial charge is 0.338 e. The summed E-state index contributed by atoms with van der Waals surface area (Å²) in [6, 6.07) is 10.4. The third-order valence-electron chi connectivity index (χ3n) is 3.51. The van der Waals surface area contributed by atoms with Crippen molar-refractivity contribution in [3.8, 4) is 5.75 Å². The summed E-state index contributed by atoms with van der Waals surface area (Å²) in [5.41, 5.74) is 3.23. The number of anilines is 1. The molecule has 0 radical (unpaired) electrons. The van der Waals surface area contributed by atoms with E-state index in [1.807, 2.05) is 32.0 Å². The first-order chi connectivity index (χ1) is 11.4. The van der Waals surface area contributed by atoms with Crippen molar-refractivity contribution in [2.75, 3.05) is 19.0 Å². The molecule has 2 rings (SSSR count). The predicted molar refractivity (Wildman–Crippen MR) is 95.5 cm³/mol. The Kier molecular flexibility index (Phi) is 5.98. The van der Waals surface area contributed by atoms with Crippen LogP contribution in [0.4, 0.5) is 5.69 Å². The molecule has 0 aliphatic carbocycles. The quantitative estimate of drug-likeness (QED) is 0.785. The summed E-state index contributed by atoms with van der Waals surface area (Å²) in [7, 11) is 1.54. The summed E-state index contributed by atoms with van der Waals surface area (Å²) in [5.74, 6) is -0.355. The first kappa shape index (κ1) is 18.0. The Bertz CT molecular complexity index is 774. The maximum absolute atomic E-state index is 12.0. The van der Waals surface area contributed by atoms with Crippen LogP contribution in [0.3, 0.4) is 0 Å². The lowest BCUT2D eigenvalue weighted by Gasteiger charge is -2.09. The van der Waals surface area contributed by atoms with Gasteiger partial charge in [-0.1, -0.05) is 6.07 Å². The fourth-order valence-corrected chi connectivity index (χ4v) is 2.56. The standard InChI is InChI=1S/C18H18BrNO4/c1-11-4-6-14(8-12(11)2)20-17(21)10-24-18(22)13-5-7-16(23-3)15(19)9-13/h4-9H,10H2,1-3H3,(H,20,21). The number of halogens is 1. The number of nitrogens with one attached hydrogen (secondary N) is 1. The maximum atomic E-state index is 12.0. The van der Waals surface area contributed by atoms with Crippen molar-refractivity contribution in [1.29, 1.82) is 0 Å². The van der Waals surface area contributed by atoms with Gasteiger partial charge in [-0.25, -0.2) is 4.79 Å². The molecule has 2 aromatic rings. The molecule has 5 nitrogen and oxygen atoms in total. The number of ether oxygens (including phenoxy) is 2. The molecular formula is C18H18BrNO4. The number of carbonyl (C=O) groups is 2. The molecule has 0 aromatic heterocycles. The van der Waals surface area contributed by atoms with E-state index in [-0.39, 0.29) is 12.5 Å². The van der Waals surface area contributed by atoms with Crippen LogP contribution in [-0.2, 0) is 9.53 Å². The average molecular weight is 392 g/mol. The van der Waals surface area contributed by atoms with Gasteiger partial charge < -0.3 is 14.8 Å². The molecule has 0 bridgehead atoms. The summed E-state index contributed by atoms with van der Waals surface area (Å²) < 4.78 is 10.8. The molecule has 0 aliphatic heterocycles. The fourth-order valence-electron chi connectivity index (χ4n) is 2.02. The zero-order valence-corrected chi connectivity index (χ0v) is 15.3. The molecule has 0 spiro atoms. The van der Waals surface area contributed by atoms with E-state index in [1.165, 1.54) is 7.11 Å². The molecule has 0 fully saturated rings. The molecule has 0 heterocycles. The van der Waals surface area contributed by atoms with Crippen molar-refractivity contribution in [2.45, 2.75) is 13.8 Å². The van der Waals surface area contributed by atoms with Crippen molar-refractivity contribution in [3.63, 3.8) is 0 Å². The summed E-state index contributed by atoms with van der Waals surface area (Å²) in [5, 5.41) is 2.70. The Hall–Kier alpha value is -2.34. The van der Waals surface area contributed by atoms with Crippen LogP contribution in [0, 0.1) is 13.8 Å². The largest absolute Gasteiger partial charge is 0.496 e. The molecule has 0 aliphatic rings. The number of benzene rings is 2. The van der Waals surface area contributed by atoms with E-state index in [2.05, 4.69) is 21.2 Å². The number of aryl methyl sites for hydroxylation is 2. The Balaban J connectivity index is 1.92. The van der Waals surface area contributed by atoms with Crippen LogP contribution in [0.25, 0.3) is 0 Å².